The molecule has 2 aromatic rings. The van der Waals surface area contributed by atoms with Crippen molar-refractivity contribution in [2.24, 2.45) is 0 Å². The van der Waals surface area contributed by atoms with Gasteiger partial charge in [0.2, 0.25) is 0 Å². The van der Waals surface area contributed by atoms with E-state index in [1.165, 1.54) is 0 Å². The summed E-state index contributed by atoms with van der Waals surface area (Å²) >= 11 is 6.69. The third kappa shape index (κ3) is 2.42. The molecule has 0 aliphatic heterocycles. The Morgan fingerprint density at radius 3 is 2.57 bits per heavy atom. The normalized spacial score (nSPS) is 10.4. The molecule has 72 valence electrons. The van der Waals surface area contributed by atoms with Gasteiger partial charge in [-0.25, -0.2) is 0 Å². The van der Waals surface area contributed by atoms with Gasteiger partial charge >= 0.3 is 0 Å². The lowest BCUT2D eigenvalue weighted by Crippen LogP contribution is -2.01. The van der Waals surface area contributed by atoms with E-state index >= 15 is 0 Å². The van der Waals surface area contributed by atoms with E-state index in [2.05, 4.69) is 41.9 Å². The van der Waals surface area contributed by atoms with Crippen LogP contribution in [0.25, 0.3) is 0 Å². The number of hydrogen-bond acceptors (Lipinski definition) is 2. The summed E-state index contributed by atoms with van der Waals surface area (Å²) in [5.41, 5.74) is 0.990. The van der Waals surface area contributed by atoms with Crippen molar-refractivity contribution in [1.82, 2.24) is 14.8 Å². The van der Waals surface area contributed by atoms with E-state index in [4.69, 9.17) is 0 Å². The molecule has 0 saturated heterocycles. The second-order valence-electron chi connectivity index (χ2n) is 2.82. The van der Waals surface area contributed by atoms with Crippen LogP contribution in [0.1, 0.15) is 5.69 Å². The minimum Gasteiger partial charge on any atom is -0.266 e. The van der Waals surface area contributed by atoms with Crippen LogP contribution >= 0.6 is 31.9 Å². The molecule has 0 aliphatic carbocycles. The van der Waals surface area contributed by atoms with E-state index in [-0.39, 0.29) is 0 Å². The molecular formula is C9H7Br2N3. The predicted molar refractivity (Wildman–Crippen MR) is 61.0 cm³/mol. The lowest BCUT2D eigenvalue weighted by atomic mass is 10.3. The maximum absolute atomic E-state index is 4.26. The summed E-state index contributed by atoms with van der Waals surface area (Å²) in [6, 6.07) is 3.94. The molecule has 0 saturated carbocycles. The van der Waals surface area contributed by atoms with Crippen molar-refractivity contribution in [2.45, 2.75) is 6.54 Å². The molecule has 0 N–H and O–H groups in total. The SMILES string of the molecule is Brc1ccc(Cn2cc(Br)cn2)nc1. The highest BCUT2D eigenvalue weighted by Gasteiger charge is 1.98. The summed E-state index contributed by atoms with van der Waals surface area (Å²) in [4.78, 5) is 4.26. The fourth-order valence-electron chi connectivity index (χ4n) is 1.09. The lowest BCUT2D eigenvalue weighted by molar-refractivity contribution is 0.672. The largest absolute Gasteiger partial charge is 0.266 e. The van der Waals surface area contributed by atoms with Gasteiger partial charge in [0.1, 0.15) is 0 Å². The quantitative estimate of drug-likeness (QED) is 0.853. The molecule has 5 heteroatoms. The summed E-state index contributed by atoms with van der Waals surface area (Å²) in [6.45, 7) is 0.693. The Morgan fingerprint density at radius 1 is 1.14 bits per heavy atom. The van der Waals surface area contributed by atoms with Crippen molar-refractivity contribution in [3.63, 3.8) is 0 Å². The first-order chi connectivity index (χ1) is 6.74. The standard InChI is InChI=1S/C9H7Br2N3/c10-7-1-2-9(12-3-7)6-14-5-8(11)4-13-14/h1-5H,6H2. The molecule has 2 rings (SSSR count). The zero-order valence-electron chi connectivity index (χ0n) is 7.19. The summed E-state index contributed by atoms with van der Waals surface area (Å²) in [5, 5.41) is 4.15. The summed E-state index contributed by atoms with van der Waals surface area (Å²) in [5.74, 6) is 0. The molecule has 0 unspecified atom stereocenters. The Bertz CT molecular complexity index is 422. The summed E-state index contributed by atoms with van der Waals surface area (Å²) < 4.78 is 3.80. The van der Waals surface area contributed by atoms with Crippen molar-refractivity contribution < 1.29 is 0 Å². The topological polar surface area (TPSA) is 30.7 Å². The molecule has 0 bridgehead atoms. The average Bonchev–Trinajstić information content (AvgIpc) is 2.56. The van der Waals surface area contributed by atoms with Gasteiger partial charge in [0.25, 0.3) is 0 Å². The first-order valence-corrected chi connectivity index (χ1v) is 5.61. The van der Waals surface area contributed by atoms with E-state index in [0.29, 0.717) is 6.54 Å². The highest BCUT2D eigenvalue weighted by Crippen LogP contribution is 2.10. The van der Waals surface area contributed by atoms with Crippen LogP contribution in [-0.4, -0.2) is 14.8 Å². The lowest BCUT2D eigenvalue weighted by Gasteiger charge is -2.00. The van der Waals surface area contributed by atoms with E-state index in [9.17, 15) is 0 Å². The van der Waals surface area contributed by atoms with Gasteiger partial charge in [-0.3, -0.25) is 9.67 Å². The molecule has 0 fully saturated rings. The zero-order valence-corrected chi connectivity index (χ0v) is 10.4. The van der Waals surface area contributed by atoms with E-state index in [1.807, 2.05) is 23.0 Å². The summed E-state index contributed by atoms with van der Waals surface area (Å²) in [7, 11) is 0. The van der Waals surface area contributed by atoms with Gasteiger partial charge in [-0.15, -0.1) is 0 Å². The number of pyridine rings is 1. The molecule has 0 spiro atoms. The molecule has 14 heavy (non-hydrogen) atoms. The van der Waals surface area contributed by atoms with Crippen LogP contribution in [0.3, 0.4) is 0 Å². The van der Waals surface area contributed by atoms with Crippen molar-refractivity contribution in [2.75, 3.05) is 0 Å². The Hall–Kier alpha value is -0.680. The molecule has 0 aliphatic rings. The van der Waals surface area contributed by atoms with E-state index in [1.54, 1.807) is 12.4 Å². The van der Waals surface area contributed by atoms with Crippen molar-refractivity contribution in [1.29, 1.82) is 0 Å². The zero-order chi connectivity index (χ0) is 9.97. The number of halogens is 2. The smallest absolute Gasteiger partial charge is 0.0831 e. The van der Waals surface area contributed by atoms with Crippen molar-refractivity contribution >= 4 is 31.9 Å². The van der Waals surface area contributed by atoms with Crippen LogP contribution in [0.15, 0.2) is 39.7 Å². The van der Waals surface area contributed by atoms with Gasteiger partial charge in [0.05, 0.1) is 22.9 Å². The van der Waals surface area contributed by atoms with Crippen LogP contribution in [0.4, 0.5) is 0 Å². The monoisotopic (exact) mass is 315 g/mol. The minimum absolute atomic E-state index is 0.693. The van der Waals surface area contributed by atoms with Gasteiger partial charge in [-0.05, 0) is 44.0 Å². The van der Waals surface area contributed by atoms with E-state index in [0.717, 1.165) is 14.6 Å². The van der Waals surface area contributed by atoms with Crippen LogP contribution in [0.5, 0.6) is 0 Å². The third-order valence-corrected chi connectivity index (χ3v) is 2.59. The van der Waals surface area contributed by atoms with Crippen LogP contribution in [-0.2, 0) is 6.54 Å². The number of hydrogen-bond donors (Lipinski definition) is 0. The Labute approximate surface area is 98.4 Å². The summed E-state index contributed by atoms with van der Waals surface area (Å²) in [6.07, 6.45) is 5.47. The van der Waals surface area contributed by atoms with Gasteiger partial charge in [0, 0.05) is 16.9 Å². The molecule has 0 amide bonds. The van der Waals surface area contributed by atoms with Crippen LogP contribution in [0.2, 0.25) is 0 Å². The second-order valence-corrected chi connectivity index (χ2v) is 4.66. The molecule has 0 atom stereocenters. The number of rotatable bonds is 2. The Kier molecular flexibility index (Phi) is 2.98. The number of aromatic nitrogens is 3. The predicted octanol–water partition coefficient (Wildman–Crippen LogP) is 2.85. The molecule has 0 radical (unpaired) electrons. The van der Waals surface area contributed by atoms with Gasteiger partial charge in [0.15, 0.2) is 0 Å². The van der Waals surface area contributed by atoms with E-state index < -0.39 is 0 Å². The van der Waals surface area contributed by atoms with Crippen LogP contribution in [0, 0.1) is 0 Å². The first-order valence-electron chi connectivity index (χ1n) is 4.02. The Balaban J connectivity index is 2.15. The minimum atomic E-state index is 0.693. The van der Waals surface area contributed by atoms with Crippen molar-refractivity contribution in [3.8, 4) is 0 Å². The van der Waals surface area contributed by atoms with Crippen LogP contribution < -0.4 is 0 Å². The highest BCUT2D eigenvalue weighted by atomic mass is 79.9. The average molecular weight is 317 g/mol. The molecule has 2 aromatic heterocycles. The second kappa shape index (κ2) is 4.23. The van der Waals surface area contributed by atoms with Crippen molar-refractivity contribution in [3.05, 3.63) is 45.4 Å². The maximum atomic E-state index is 4.26. The van der Waals surface area contributed by atoms with Gasteiger partial charge in [-0.2, -0.15) is 5.10 Å². The van der Waals surface area contributed by atoms with Gasteiger partial charge < -0.3 is 0 Å². The fourth-order valence-corrected chi connectivity index (χ4v) is 1.65. The molecular weight excluding hydrogens is 310 g/mol. The molecule has 3 nitrogen and oxygen atoms in total. The number of nitrogens with zero attached hydrogens (tertiary/aromatic N) is 3. The third-order valence-electron chi connectivity index (χ3n) is 1.71. The molecule has 0 aromatic carbocycles. The highest BCUT2D eigenvalue weighted by molar-refractivity contribution is 9.10. The first kappa shape index (κ1) is 9.86. The van der Waals surface area contributed by atoms with Gasteiger partial charge in [-0.1, -0.05) is 0 Å². The molecule has 2 heterocycles. The maximum Gasteiger partial charge on any atom is 0.0831 e. The fraction of sp³-hybridized carbons (Fsp3) is 0.111. The Morgan fingerprint density at radius 2 is 2.00 bits per heavy atom.